The molecular formula is C19H23ClN4O2. The average Bonchev–Trinajstić information content (AvgIpc) is 2.71. The van der Waals surface area contributed by atoms with E-state index in [0.717, 1.165) is 63.3 Å². The van der Waals surface area contributed by atoms with E-state index in [1.165, 1.54) is 0 Å². The second-order valence-corrected chi connectivity index (χ2v) is 7.20. The van der Waals surface area contributed by atoms with E-state index in [1.54, 1.807) is 12.3 Å². The van der Waals surface area contributed by atoms with Crippen molar-refractivity contribution >= 4 is 34.2 Å². The minimum atomic E-state index is -0.0575. The zero-order chi connectivity index (χ0) is 17.9. The summed E-state index contributed by atoms with van der Waals surface area (Å²) in [4.78, 5) is 21.4. The Kier molecular flexibility index (Phi) is 5.24. The third-order valence-electron chi connectivity index (χ3n) is 5.28. The number of nitrogens with one attached hydrogen (secondary N) is 1. The van der Waals surface area contributed by atoms with Crippen LogP contribution in [0.15, 0.2) is 30.5 Å². The number of anilines is 1. The van der Waals surface area contributed by atoms with E-state index in [0.29, 0.717) is 16.6 Å². The van der Waals surface area contributed by atoms with Gasteiger partial charge >= 0.3 is 6.03 Å². The molecule has 1 aromatic carbocycles. The molecule has 0 radical (unpaired) electrons. The smallest absolute Gasteiger partial charge is 0.321 e. The zero-order valence-electron chi connectivity index (χ0n) is 14.7. The van der Waals surface area contributed by atoms with Crippen LogP contribution in [-0.4, -0.2) is 66.2 Å². The van der Waals surface area contributed by atoms with Crippen LogP contribution in [-0.2, 0) is 4.74 Å². The number of halogens is 1. The van der Waals surface area contributed by atoms with Gasteiger partial charge in [0.2, 0.25) is 0 Å². The summed E-state index contributed by atoms with van der Waals surface area (Å²) < 4.78 is 5.43. The summed E-state index contributed by atoms with van der Waals surface area (Å²) in [6, 6.07) is 7.89. The van der Waals surface area contributed by atoms with Gasteiger partial charge in [0, 0.05) is 43.8 Å². The number of pyridine rings is 1. The van der Waals surface area contributed by atoms with Crippen molar-refractivity contribution in [3.8, 4) is 0 Å². The van der Waals surface area contributed by atoms with E-state index < -0.39 is 0 Å². The number of ether oxygens (including phenoxy) is 1. The highest BCUT2D eigenvalue weighted by molar-refractivity contribution is 6.35. The van der Waals surface area contributed by atoms with Crippen LogP contribution in [0.3, 0.4) is 0 Å². The number of carbonyl (C=O) groups is 1. The number of urea groups is 1. The lowest BCUT2D eigenvalue weighted by Crippen LogP contribution is -2.50. The van der Waals surface area contributed by atoms with E-state index in [1.807, 2.05) is 23.1 Å². The molecule has 2 saturated heterocycles. The fourth-order valence-corrected chi connectivity index (χ4v) is 4.03. The fourth-order valence-electron chi connectivity index (χ4n) is 3.82. The van der Waals surface area contributed by atoms with Gasteiger partial charge in [0.15, 0.2) is 0 Å². The van der Waals surface area contributed by atoms with Gasteiger partial charge in [-0.05, 0) is 37.1 Å². The molecule has 2 aliphatic heterocycles. The largest absolute Gasteiger partial charge is 0.379 e. The highest BCUT2D eigenvalue weighted by atomic mass is 35.5. The summed E-state index contributed by atoms with van der Waals surface area (Å²) in [6.07, 6.45) is 3.73. The van der Waals surface area contributed by atoms with E-state index in [9.17, 15) is 4.79 Å². The molecule has 3 heterocycles. The molecule has 0 spiro atoms. The minimum absolute atomic E-state index is 0.0575. The van der Waals surface area contributed by atoms with Gasteiger partial charge in [0.25, 0.3) is 0 Å². The van der Waals surface area contributed by atoms with E-state index in [-0.39, 0.29) is 6.03 Å². The molecule has 1 N–H and O–H groups in total. The summed E-state index contributed by atoms with van der Waals surface area (Å²) in [7, 11) is 0. The summed E-state index contributed by atoms with van der Waals surface area (Å²) >= 11 is 6.20. The van der Waals surface area contributed by atoms with E-state index in [4.69, 9.17) is 16.3 Å². The van der Waals surface area contributed by atoms with Crippen LogP contribution in [0.5, 0.6) is 0 Å². The number of aromatic nitrogens is 1. The van der Waals surface area contributed by atoms with Crippen molar-refractivity contribution in [2.24, 2.45) is 0 Å². The molecule has 1 aromatic heterocycles. The number of amides is 2. The molecule has 0 aliphatic carbocycles. The van der Waals surface area contributed by atoms with Crippen molar-refractivity contribution < 1.29 is 9.53 Å². The third-order valence-corrected chi connectivity index (χ3v) is 5.58. The summed E-state index contributed by atoms with van der Waals surface area (Å²) in [5.41, 5.74) is 1.45. The molecule has 138 valence electrons. The SMILES string of the molecule is O=C(Nc1ccc(Cl)c2ncccc12)N1CCC(N2CCOCC2)CC1. The van der Waals surface area contributed by atoms with Crippen molar-refractivity contribution in [2.45, 2.75) is 18.9 Å². The van der Waals surface area contributed by atoms with Crippen LogP contribution in [0.25, 0.3) is 10.9 Å². The maximum absolute atomic E-state index is 12.7. The molecule has 2 fully saturated rings. The Hall–Kier alpha value is -1.89. The van der Waals surface area contributed by atoms with Crippen LogP contribution >= 0.6 is 11.6 Å². The molecule has 2 aromatic rings. The maximum atomic E-state index is 12.7. The van der Waals surface area contributed by atoms with Crippen molar-refractivity contribution in [1.29, 1.82) is 0 Å². The summed E-state index contributed by atoms with van der Waals surface area (Å²) in [5.74, 6) is 0. The first-order valence-electron chi connectivity index (χ1n) is 9.13. The van der Waals surface area contributed by atoms with Gasteiger partial charge in [-0.15, -0.1) is 0 Å². The number of carbonyl (C=O) groups excluding carboxylic acids is 1. The highest BCUT2D eigenvalue weighted by Crippen LogP contribution is 2.28. The number of piperidine rings is 1. The van der Waals surface area contributed by atoms with Crippen LogP contribution < -0.4 is 5.32 Å². The van der Waals surface area contributed by atoms with Gasteiger partial charge < -0.3 is 15.0 Å². The lowest BCUT2D eigenvalue weighted by atomic mass is 10.0. The molecule has 4 rings (SSSR count). The van der Waals surface area contributed by atoms with Gasteiger partial charge in [0.05, 0.1) is 29.4 Å². The standard InChI is InChI=1S/C19H23ClN4O2/c20-16-3-4-17(15-2-1-7-21-18(15)16)22-19(25)24-8-5-14(6-9-24)23-10-12-26-13-11-23/h1-4,7,14H,5-6,8-13H2,(H,22,25). The van der Waals surface area contributed by atoms with Crippen LogP contribution in [0.1, 0.15) is 12.8 Å². The molecule has 26 heavy (non-hydrogen) atoms. The van der Waals surface area contributed by atoms with Gasteiger partial charge in [0.1, 0.15) is 0 Å². The molecule has 6 nitrogen and oxygen atoms in total. The number of hydrogen-bond donors (Lipinski definition) is 1. The second kappa shape index (κ2) is 7.78. The van der Waals surface area contributed by atoms with E-state index >= 15 is 0 Å². The normalized spacial score (nSPS) is 19.7. The Labute approximate surface area is 158 Å². The second-order valence-electron chi connectivity index (χ2n) is 6.79. The fraction of sp³-hybridized carbons (Fsp3) is 0.474. The highest BCUT2D eigenvalue weighted by Gasteiger charge is 2.28. The van der Waals surface area contributed by atoms with Crippen molar-refractivity contribution in [1.82, 2.24) is 14.8 Å². The Balaban J connectivity index is 1.40. The number of likely N-dealkylation sites (tertiary alicyclic amines) is 1. The van der Waals surface area contributed by atoms with Crippen molar-refractivity contribution in [2.75, 3.05) is 44.7 Å². The predicted molar refractivity (Wildman–Crippen MR) is 103 cm³/mol. The molecule has 7 heteroatoms. The quantitative estimate of drug-likeness (QED) is 0.876. The van der Waals surface area contributed by atoms with Gasteiger partial charge in [-0.1, -0.05) is 11.6 Å². The molecule has 2 amide bonds. The third kappa shape index (κ3) is 3.63. The minimum Gasteiger partial charge on any atom is -0.379 e. The number of nitrogens with zero attached hydrogens (tertiary/aromatic N) is 3. The first-order chi connectivity index (χ1) is 12.7. The number of hydrogen-bond acceptors (Lipinski definition) is 4. The van der Waals surface area contributed by atoms with Gasteiger partial charge in [-0.3, -0.25) is 9.88 Å². The summed E-state index contributed by atoms with van der Waals surface area (Å²) in [5, 5.41) is 4.48. The number of rotatable bonds is 2. The number of morpholine rings is 1. The topological polar surface area (TPSA) is 57.7 Å². The number of benzene rings is 1. The number of fused-ring (bicyclic) bond motifs is 1. The Bertz CT molecular complexity index is 786. The van der Waals surface area contributed by atoms with Crippen molar-refractivity contribution in [3.63, 3.8) is 0 Å². The average molecular weight is 375 g/mol. The summed E-state index contributed by atoms with van der Waals surface area (Å²) in [6.45, 7) is 5.19. The predicted octanol–water partition coefficient (Wildman–Crippen LogP) is 3.22. The maximum Gasteiger partial charge on any atom is 0.321 e. The lowest BCUT2D eigenvalue weighted by Gasteiger charge is -2.40. The Morgan fingerprint density at radius 3 is 2.69 bits per heavy atom. The Morgan fingerprint density at radius 1 is 1.15 bits per heavy atom. The Morgan fingerprint density at radius 2 is 1.92 bits per heavy atom. The first-order valence-corrected chi connectivity index (χ1v) is 9.51. The molecule has 2 aliphatic rings. The monoisotopic (exact) mass is 374 g/mol. The van der Waals surface area contributed by atoms with Gasteiger partial charge in [-0.2, -0.15) is 0 Å². The molecular weight excluding hydrogens is 352 g/mol. The first kappa shape index (κ1) is 17.5. The van der Waals surface area contributed by atoms with Gasteiger partial charge in [-0.25, -0.2) is 4.79 Å². The van der Waals surface area contributed by atoms with E-state index in [2.05, 4.69) is 15.2 Å². The zero-order valence-corrected chi connectivity index (χ0v) is 15.4. The van der Waals surface area contributed by atoms with Crippen LogP contribution in [0, 0.1) is 0 Å². The molecule has 0 saturated carbocycles. The molecule has 0 unspecified atom stereocenters. The van der Waals surface area contributed by atoms with Crippen molar-refractivity contribution in [3.05, 3.63) is 35.5 Å². The molecule has 0 atom stereocenters. The van der Waals surface area contributed by atoms with Crippen LogP contribution in [0.2, 0.25) is 5.02 Å². The molecule has 0 bridgehead atoms. The van der Waals surface area contributed by atoms with Crippen LogP contribution in [0.4, 0.5) is 10.5 Å². The lowest BCUT2D eigenvalue weighted by molar-refractivity contribution is 0.00420.